The van der Waals surface area contributed by atoms with Crippen LogP contribution in [0.1, 0.15) is 19.8 Å². The quantitative estimate of drug-likeness (QED) is 0.732. The van der Waals surface area contributed by atoms with Crippen LogP contribution in [0.3, 0.4) is 0 Å². The van der Waals surface area contributed by atoms with E-state index in [2.05, 4.69) is 5.32 Å². The fourth-order valence-corrected chi connectivity index (χ4v) is 2.96. The van der Waals surface area contributed by atoms with Crippen molar-refractivity contribution in [1.82, 2.24) is 9.13 Å². The number of fused-ring (bicyclic) bond motifs is 1. The number of carbonyl (C=O) groups is 1. The lowest BCUT2D eigenvalue weighted by Crippen LogP contribution is -2.26. The molecule has 5 nitrogen and oxygen atoms in total. The highest BCUT2D eigenvalue weighted by molar-refractivity contribution is 5.91. The molecule has 3 rings (SSSR count). The second-order valence-corrected chi connectivity index (χ2v) is 5.97. The molecule has 0 fully saturated rings. The first-order valence-corrected chi connectivity index (χ1v) is 8.45. The number of nitrogens with zero attached hydrogens (tertiary/aromatic N) is 2. The van der Waals surface area contributed by atoms with Gasteiger partial charge in [0, 0.05) is 19.5 Å². The summed E-state index contributed by atoms with van der Waals surface area (Å²) in [6, 6.07) is 10.7. The highest BCUT2D eigenvalue weighted by Crippen LogP contribution is 2.18. The number of aryl methyl sites for hydroxylation is 2. The molecule has 0 unspecified atom stereocenters. The summed E-state index contributed by atoms with van der Waals surface area (Å²) in [5.41, 5.74) is 0.868. The molecule has 0 spiro atoms. The number of para-hydroxylation sites is 3. The zero-order valence-electron chi connectivity index (χ0n) is 14.3. The van der Waals surface area contributed by atoms with E-state index in [-0.39, 0.29) is 18.7 Å². The Balaban J connectivity index is 1.81. The normalized spacial score (nSPS) is 11.0. The smallest absolute Gasteiger partial charge is 0.321 e. The van der Waals surface area contributed by atoms with E-state index in [0.717, 1.165) is 29.6 Å². The van der Waals surface area contributed by atoms with Crippen LogP contribution in [-0.2, 0) is 17.9 Å². The van der Waals surface area contributed by atoms with Crippen LogP contribution in [0, 0.1) is 11.6 Å². The van der Waals surface area contributed by atoms with Crippen molar-refractivity contribution < 1.29 is 13.6 Å². The first-order chi connectivity index (χ1) is 12.5. The highest BCUT2D eigenvalue weighted by Gasteiger charge is 2.15. The number of imidazole rings is 1. The van der Waals surface area contributed by atoms with Crippen molar-refractivity contribution in [3.8, 4) is 0 Å². The largest absolute Gasteiger partial charge is 0.329 e. The number of hydrogen-bond acceptors (Lipinski definition) is 2. The molecule has 1 heterocycles. The average Bonchev–Trinajstić information content (AvgIpc) is 2.89. The number of amides is 1. The van der Waals surface area contributed by atoms with Gasteiger partial charge in [-0.1, -0.05) is 25.1 Å². The van der Waals surface area contributed by atoms with Gasteiger partial charge in [0.05, 0.1) is 11.0 Å². The second-order valence-electron chi connectivity index (χ2n) is 5.97. The summed E-state index contributed by atoms with van der Waals surface area (Å²) in [5.74, 6) is -2.24. The third-order valence-corrected chi connectivity index (χ3v) is 4.16. The van der Waals surface area contributed by atoms with Crippen LogP contribution in [0.25, 0.3) is 11.0 Å². The van der Waals surface area contributed by atoms with Crippen molar-refractivity contribution in [3.63, 3.8) is 0 Å². The number of rotatable bonds is 6. The number of halogens is 2. The Hall–Kier alpha value is -2.96. The standard InChI is InChI=1S/C19H19F2N3O2/c1-2-11-23-15-8-3-4-9-16(15)24(19(23)26)12-10-17(25)22-18-13(20)6-5-7-14(18)21/h3-9H,2,10-12H2,1H3,(H,22,25). The van der Waals surface area contributed by atoms with E-state index in [4.69, 9.17) is 0 Å². The van der Waals surface area contributed by atoms with Gasteiger partial charge in [-0.05, 0) is 30.7 Å². The first kappa shape index (κ1) is 17.8. The lowest BCUT2D eigenvalue weighted by atomic mass is 10.2. The zero-order valence-corrected chi connectivity index (χ0v) is 14.3. The van der Waals surface area contributed by atoms with E-state index in [1.165, 1.54) is 10.6 Å². The summed E-state index contributed by atoms with van der Waals surface area (Å²) in [4.78, 5) is 24.7. The molecule has 0 radical (unpaired) electrons. The Kier molecular flexibility index (Phi) is 5.16. The maximum absolute atomic E-state index is 13.6. The molecule has 26 heavy (non-hydrogen) atoms. The zero-order chi connectivity index (χ0) is 18.7. The van der Waals surface area contributed by atoms with Crippen molar-refractivity contribution >= 4 is 22.6 Å². The van der Waals surface area contributed by atoms with Crippen LogP contribution in [-0.4, -0.2) is 15.0 Å². The Bertz CT molecular complexity index is 987. The number of aromatic nitrogens is 2. The molecule has 136 valence electrons. The average molecular weight is 359 g/mol. The lowest BCUT2D eigenvalue weighted by Gasteiger charge is -2.08. The minimum atomic E-state index is -0.838. The van der Waals surface area contributed by atoms with Gasteiger partial charge in [0.15, 0.2) is 0 Å². The predicted molar refractivity (Wildman–Crippen MR) is 96.1 cm³/mol. The Morgan fingerprint density at radius 1 is 0.962 bits per heavy atom. The Labute approximate surface area is 148 Å². The molecule has 7 heteroatoms. The van der Waals surface area contributed by atoms with E-state index < -0.39 is 23.2 Å². The molecule has 0 bridgehead atoms. The van der Waals surface area contributed by atoms with Crippen LogP contribution in [0.15, 0.2) is 47.3 Å². The number of carbonyl (C=O) groups excluding carboxylic acids is 1. The van der Waals surface area contributed by atoms with Gasteiger partial charge in [-0.2, -0.15) is 0 Å². The van der Waals surface area contributed by atoms with Crippen molar-refractivity contribution in [2.45, 2.75) is 32.9 Å². The van der Waals surface area contributed by atoms with Gasteiger partial charge in [-0.25, -0.2) is 13.6 Å². The SMILES string of the molecule is CCCn1c(=O)n(CCC(=O)Nc2c(F)cccc2F)c2ccccc21. The topological polar surface area (TPSA) is 56.0 Å². The number of hydrogen-bond donors (Lipinski definition) is 1. The van der Waals surface area contributed by atoms with Crippen molar-refractivity contribution in [2.75, 3.05) is 5.32 Å². The molecule has 0 saturated heterocycles. The van der Waals surface area contributed by atoms with Crippen molar-refractivity contribution in [2.24, 2.45) is 0 Å². The van der Waals surface area contributed by atoms with Gasteiger partial charge in [-0.15, -0.1) is 0 Å². The fourth-order valence-electron chi connectivity index (χ4n) is 2.96. The van der Waals surface area contributed by atoms with E-state index in [9.17, 15) is 18.4 Å². The monoisotopic (exact) mass is 359 g/mol. The highest BCUT2D eigenvalue weighted by atomic mass is 19.1. The molecule has 0 saturated carbocycles. The van der Waals surface area contributed by atoms with Crippen LogP contribution >= 0.6 is 0 Å². The van der Waals surface area contributed by atoms with Gasteiger partial charge in [0.25, 0.3) is 0 Å². The van der Waals surface area contributed by atoms with Crippen LogP contribution in [0.2, 0.25) is 0 Å². The van der Waals surface area contributed by atoms with E-state index in [0.29, 0.717) is 6.54 Å². The van der Waals surface area contributed by atoms with Gasteiger partial charge in [-0.3, -0.25) is 13.9 Å². The van der Waals surface area contributed by atoms with Crippen LogP contribution < -0.4 is 11.0 Å². The van der Waals surface area contributed by atoms with Crippen LogP contribution in [0.5, 0.6) is 0 Å². The van der Waals surface area contributed by atoms with Gasteiger partial charge in [0.2, 0.25) is 5.91 Å². The van der Waals surface area contributed by atoms with Crippen molar-refractivity contribution in [1.29, 1.82) is 0 Å². The fraction of sp³-hybridized carbons (Fsp3) is 0.263. The molecular formula is C19H19F2N3O2. The number of nitrogens with one attached hydrogen (secondary N) is 1. The van der Waals surface area contributed by atoms with Gasteiger partial charge < -0.3 is 5.32 Å². The summed E-state index contributed by atoms with van der Waals surface area (Å²) in [7, 11) is 0. The second kappa shape index (κ2) is 7.51. The van der Waals surface area contributed by atoms with E-state index in [1.807, 2.05) is 31.2 Å². The Morgan fingerprint density at radius 2 is 1.54 bits per heavy atom. The molecule has 1 amide bonds. The third-order valence-electron chi connectivity index (χ3n) is 4.16. The van der Waals surface area contributed by atoms with Crippen molar-refractivity contribution in [3.05, 3.63) is 64.6 Å². The minimum Gasteiger partial charge on any atom is -0.321 e. The molecule has 1 aromatic heterocycles. The molecule has 1 N–H and O–H groups in total. The molecule has 2 aromatic carbocycles. The maximum atomic E-state index is 13.6. The van der Waals surface area contributed by atoms with E-state index >= 15 is 0 Å². The maximum Gasteiger partial charge on any atom is 0.329 e. The first-order valence-electron chi connectivity index (χ1n) is 8.45. The summed E-state index contributed by atoms with van der Waals surface area (Å²) in [5, 5.41) is 2.24. The van der Waals surface area contributed by atoms with Gasteiger partial charge in [0.1, 0.15) is 17.3 Å². The number of anilines is 1. The molecular weight excluding hydrogens is 340 g/mol. The third kappa shape index (κ3) is 3.37. The molecule has 0 aliphatic rings. The van der Waals surface area contributed by atoms with Gasteiger partial charge >= 0.3 is 5.69 Å². The minimum absolute atomic E-state index is 0.0756. The molecule has 0 atom stereocenters. The summed E-state index contributed by atoms with van der Waals surface area (Å²) < 4.78 is 30.4. The molecule has 0 aliphatic carbocycles. The van der Waals surface area contributed by atoms with E-state index in [1.54, 1.807) is 4.57 Å². The lowest BCUT2D eigenvalue weighted by molar-refractivity contribution is -0.116. The molecule has 3 aromatic rings. The predicted octanol–water partition coefficient (Wildman–Crippen LogP) is 3.52. The number of benzene rings is 2. The molecule has 0 aliphatic heterocycles. The summed E-state index contributed by atoms with van der Waals surface area (Å²) in [6.45, 7) is 2.69. The van der Waals surface area contributed by atoms with Crippen LogP contribution in [0.4, 0.5) is 14.5 Å². The summed E-state index contributed by atoms with van der Waals surface area (Å²) in [6.07, 6.45) is 0.731. The Morgan fingerprint density at radius 3 is 2.12 bits per heavy atom. The summed E-state index contributed by atoms with van der Waals surface area (Å²) >= 11 is 0.